The van der Waals surface area contributed by atoms with E-state index in [2.05, 4.69) is 5.32 Å². The van der Waals surface area contributed by atoms with Crippen molar-refractivity contribution in [3.63, 3.8) is 0 Å². The first-order chi connectivity index (χ1) is 7.63. The van der Waals surface area contributed by atoms with Crippen LogP contribution in [0.3, 0.4) is 0 Å². The van der Waals surface area contributed by atoms with Gasteiger partial charge in [0.2, 0.25) is 0 Å². The first-order valence-corrected chi connectivity index (χ1v) is 4.71. The van der Waals surface area contributed by atoms with E-state index in [0.29, 0.717) is 12.2 Å². The summed E-state index contributed by atoms with van der Waals surface area (Å²) in [5.74, 6) is -1.47. The highest BCUT2D eigenvalue weighted by molar-refractivity contribution is 5.95. The van der Waals surface area contributed by atoms with Crippen molar-refractivity contribution in [2.75, 3.05) is 13.7 Å². The van der Waals surface area contributed by atoms with Crippen LogP contribution in [0.25, 0.3) is 0 Å². The Bertz CT molecular complexity index is 389. The lowest BCUT2D eigenvalue weighted by atomic mass is 10.1. The van der Waals surface area contributed by atoms with Crippen molar-refractivity contribution in [2.24, 2.45) is 0 Å². The highest BCUT2D eigenvalue weighted by atomic mass is 16.5. The second-order valence-electron chi connectivity index (χ2n) is 3.21. The van der Waals surface area contributed by atoms with E-state index in [1.165, 1.54) is 0 Å². The fourth-order valence-corrected chi connectivity index (χ4v) is 1.23. The molecule has 0 spiro atoms. The maximum Gasteiger partial charge on any atom is 0.322 e. The summed E-state index contributed by atoms with van der Waals surface area (Å²) in [7, 11) is 1.57. The van der Waals surface area contributed by atoms with Crippen molar-refractivity contribution in [3.05, 3.63) is 35.4 Å². The van der Waals surface area contributed by atoms with E-state index in [0.717, 1.165) is 5.56 Å². The molecule has 0 saturated heterocycles. The molecule has 5 nitrogen and oxygen atoms in total. The maximum absolute atomic E-state index is 11.5. The van der Waals surface area contributed by atoms with Crippen LogP contribution in [-0.4, -0.2) is 30.6 Å². The van der Waals surface area contributed by atoms with Gasteiger partial charge in [0.05, 0.1) is 6.61 Å². The van der Waals surface area contributed by atoms with Gasteiger partial charge in [0.25, 0.3) is 5.91 Å². The van der Waals surface area contributed by atoms with Gasteiger partial charge in [0.15, 0.2) is 0 Å². The number of ether oxygens (including phenoxy) is 1. The number of carbonyl (C=O) groups excluding carboxylic acids is 1. The number of hydrogen-bond acceptors (Lipinski definition) is 3. The van der Waals surface area contributed by atoms with Gasteiger partial charge in [0.1, 0.15) is 6.54 Å². The summed E-state index contributed by atoms with van der Waals surface area (Å²) in [6.45, 7) is 0.0351. The molecule has 0 heterocycles. The van der Waals surface area contributed by atoms with Crippen LogP contribution in [0.1, 0.15) is 15.9 Å². The molecule has 86 valence electrons. The van der Waals surface area contributed by atoms with Gasteiger partial charge in [-0.15, -0.1) is 0 Å². The molecule has 0 bridgehead atoms. The molecule has 1 amide bonds. The minimum Gasteiger partial charge on any atom is -0.480 e. The predicted octanol–water partition coefficient (Wildman–Crippen LogP) is 0.647. The van der Waals surface area contributed by atoms with E-state index < -0.39 is 11.9 Å². The second kappa shape index (κ2) is 5.87. The third-order valence-electron chi connectivity index (χ3n) is 1.90. The van der Waals surface area contributed by atoms with Gasteiger partial charge in [-0.05, 0) is 17.7 Å². The van der Waals surface area contributed by atoms with E-state index in [1.807, 2.05) is 6.07 Å². The fraction of sp³-hybridized carbons (Fsp3) is 0.273. The van der Waals surface area contributed by atoms with E-state index >= 15 is 0 Å². The molecule has 0 aliphatic carbocycles. The van der Waals surface area contributed by atoms with Crippen molar-refractivity contribution in [2.45, 2.75) is 6.61 Å². The van der Waals surface area contributed by atoms with Gasteiger partial charge < -0.3 is 15.2 Å². The Hall–Kier alpha value is -1.88. The molecule has 0 unspecified atom stereocenters. The number of aliphatic carboxylic acids is 1. The molecule has 0 aromatic heterocycles. The van der Waals surface area contributed by atoms with Crippen molar-refractivity contribution in [3.8, 4) is 0 Å². The summed E-state index contributed by atoms with van der Waals surface area (Å²) in [6, 6.07) is 6.85. The third-order valence-corrected chi connectivity index (χ3v) is 1.90. The lowest BCUT2D eigenvalue weighted by molar-refractivity contribution is -0.135. The number of benzene rings is 1. The summed E-state index contributed by atoms with van der Waals surface area (Å²) in [5, 5.41) is 10.7. The van der Waals surface area contributed by atoms with Gasteiger partial charge in [-0.25, -0.2) is 0 Å². The molecule has 0 radical (unpaired) electrons. The summed E-state index contributed by atoms with van der Waals surface area (Å²) < 4.78 is 4.93. The van der Waals surface area contributed by atoms with Gasteiger partial charge >= 0.3 is 5.97 Å². The molecule has 1 aromatic carbocycles. The lowest BCUT2D eigenvalue weighted by Gasteiger charge is -2.04. The SMILES string of the molecule is COCc1cccc(C(=O)NCC(=O)O)c1. The van der Waals surface area contributed by atoms with Crippen LogP contribution in [0.5, 0.6) is 0 Å². The average molecular weight is 223 g/mol. The van der Waals surface area contributed by atoms with Gasteiger partial charge in [-0.1, -0.05) is 12.1 Å². The highest BCUT2D eigenvalue weighted by Gasteiger charge is 2.07. The van der Waals surface area contributed by atoms with Crippen LogP contribution in [0.4, 0.5) is 0 Å². The van der Waals surface area contributed by atoms with E-state index in [9.17, 15) is 9.59 Å². The van der Waals surface area contributed by atoms with Crippen LogP contribution in [-0.2, 0) is 16.1 Å². The van der Waals surface area contributed by atoms with Crippen LogP contribution in [0, 0.1) is 0 Å². The summed E-state index contributed by atoms with van der Waals surface area (Å²) >= 11 is 0. The molecule has 5 heteroatoms. The third kappa shape index (κ3) is 3.70. The number of methoxy groups -OCH3 is 1. The molecule has 16 heavy (non-hydrogen) atoms. The lowest BCUT2D eigenvalue weighted by Crippen LogP contribution is -2.29. The van der Waals surface area contributed by atoms with Crippen molar-refractivity contribution in [1.82, 2.24) is 5.32 Å². The quantitative estimate of drug-likeness (QED) is 0.768. The Morgan fingerprint density at radius 2 is 2.19 bits per heavy atom. The molecule has 1 aromatic rings. The first kappa shape index (κ1) is 12.2. The molecule has 0 atom stereocenters. The minimum atomic E-state index is -1.07. The molecular formula is C11H13NO4. The Morgan fingerprint density at radius 3 is 2.81 bits per heavy atom. The Balaban J connectivity index is 2.67. The van der Waals surface area contributed by atoms with Gasteiger partial charge in [-0.3, -0.25) is 9.59 Å². The molecule has 2 N–H and O–H groups in total. The number of carboxylic acids is 1. The van der Waals surface area contributed by atoms with Crippen molar-refractivity contribution in [1.29, 1.82) is 0 Å². The summed E-state index contributed by atoms with van der Waals surface area (Å²) in [4.78, 5) is 21.8. The van der Waals surface area contributed by atoms with Gasteiger partial charge in [-0.2, -0.15) is 0 Å². The Labute approximate surface area is 93.0 Å². The number of carbonyl (C=O) groups is 2. The zero-order chi connectivity index (χ0) is 12.0. The number of amides is 1. The standard InChI is InChI=1S/C11H13NO4/c1-16-7-8-3-2-4-9(5-8)11(15)12-6-10(13)14/h2-5H,6-7H2,1H3,(H,12,15)(H,13,14). The number of nitrogens with one attached hydrogen (secondary N) is 1. The monoisotopic (exact) mass is 223 g/mol. The average Bonchev–Trinajstić information content (AvgIpc) is 2.26. The van der Waals surface area contributed by atoms with Crippen LogP contribution >= 0.6 is 0 Å². The molecule has 0 aliphatic rings. The largest absolute Gasteiger partial charge is 0.480 e. The van der Waals surface area contributed by atoms with Crippen LogP contribution < -0.4 is 5.32 Å². The van der Waals surface area contributed by atoms with E-state index in [-0.39, 0.29) is 6.54 Å². The summed E-state index contributed by atoms with van der Waals surface area (Å²) in [5.41, 5.74) is 1.29. The Kier molecular flexibility index (Phi) is 4.47. The molecule has 1 rings (SSSR count). The Morgan fingerprint density at radius 1 is 1.44 bits per heavy atom. The molecular weight excluding hydrogens is 210 g/mol. The topological polar surface area (TPSA) is 75.6 Å². The maximum atomic E-state index is 11.5. The highest BCUT2D eigenvalue weighted by Crippen LogP contribution is 2.06. The van der Waals surface area contributed by atoms with Crippen molar-refractivity contribution >= 4 is 11.9 Å². The smallest absolute Gasteiger partial charge is 0.322 e. The van der Waals surface area contributed by atoms with E-state index in [4.69, 9.17) is 9.84 Å². The summed E-state index contributed by atoms with van der Waals surface area (Å²) in [6.07, 6.45) is 0. The van der Waals surface area contributed by atoms with Crippen LogP contribution in [0.2, 0.25) is 0 Å². The number of carboxylic acid groups (broad SMARTS) is 1. The van der Waals surface area contributed by atoms with Crippen molar-refractivity contribution < 1.29 is 19.4 Å². The number of hydrogen-bond donors (Lipinski definition) is 2. The fourth-order valence-electron chi connectivity index (χ4n) is 1.23. The van der Waals surface area contributed by atoms with Crippen LogP contribution in [0.15, 0.2) is 24.3 Å². The first-order valence-electron chi connectivity index (χ1n) is 4.71. The molecule has 0 fully saturated rings. The minimum absolute atomic E-state index is 0.382. The van der Waals surface area contributed by atoms with E-state index in [1.54, 1.807) is 25.3 Å². The second-order valence-corrected chi connectivity index (χ2v) is 3.21. The predicted molar refractivity (Wildman–Crippen MR) is 57.1 cm³/mol. The zero-order valence-electron chi connectivity index (χ0n) is 8.90. The molecule has 0 aliphatic heterocycles. The number of rotatable bonds is 5. The normalized spacial score (nSPS) is 9.81. The zero-order valence-corrected chi connectivity index (χ0v) is 8.90. The van der Waals surface area contributed by atoms with Gasteiger partial charge in [0, 0.05) is 12.7 Å². The molecule has 0 saturated carbocycles.